The lowest BCUT2D eigenvalue weighted by Crippen LogP contribution is -2.48. The first-order chi connectivity index (χ1) is 6.89. The van der Waals surface area contributed by atoms with Crippen LogP contribution in [0.15, 0.2) is 12.1 Å². The van der Waals surface area contributed by atoms with Crippen LogP contribution >= 0.6 is 22.9 Å². The fraction of sp³-hybridized carbons (Fsp3) is 0.636. The first kappa shape index (κ1) is 13.0. The van der Waals surface area contributed by atoms with Crippen LogP contribution in [0, 0.1) is 0 Å². The van der Waals surface area contributed by atoms with E-state index in [9.17, 15) is 0 Å². The van der Waals surface area contributed by atoms with Crippen molar-refractivity contribution in [1.82, 2.24) is 10.2 Å². The summed E-state index contributed by atoms with van der Waals surface area (Å²) in [5.74, 6) is 0. The van der Waals surface area contributed by atoms with Gasteiger partial charge in [-0.3, -0.25) is 0 Å². The molecule has 0 radical (unpaired) electrons. The molecule has 1 aromatic heterocycles. The Morgan fingerprint density at radius 2 is 2.00 bits per heavy atom. The van der Waals surface area contributed by atoms with Crippen molar-refractivity contribution in [3.63, 3.8) is 0 Å². The van der Waals surface area contributed by atoms with Gasteiger partial charge in [0.2, 0.25) is 0 Å². The SMILES string of the molecule is CNC(c1ccc(Cl)s1)C(C)(C)N(C)C. The van der Waals surface area contributed by atoms with Gasteiger partial charge in [-0.05, 0) is 47.1 Å². The first-order valence-electron chi connectivity index (χ1n) is 4.99. The maximum Gasteiger partial charge on any atom is 0.0931 e. The summed E-state index contributed by atoms with van der Waals surface area (Å²) >= 11 is 7.61. The quantitative estimate of drug-likeness (QED) is 0.879. The molecule has 4 heteroatoms. The fourth-order valence-electron chi connectivity index (χ4n) is 1.59. The molecule has 0 aliphatic rings. The van der Waals surface area contributed by atoms with Crippen LogP contribution in [0.25, 0.3) is 0 Å². The van der Waals surface area contributed by atoms with Crippen LogP contribution in [0.3, 0.4) is 0 Å². The predicted molar refractivity (Wildman–Crippen MR) is 68.9 cm³/mol. The first-order valence-corrected chi connectivity index (χ1v) is 6.19. The molecule has 0 aliphatic heterocycles. The van der Waals surface area contributed by atoms with E-state index in [-0.39, 0.29) is 5.54 Å². The Balaban J connectivity index is 2.98. The summed E-state index contributed by atoms with van der Waals surface area (Å²) in [5.41, 5.74) is 0.0585. The Morgan fingerprint density at radius 3 is 2.33 bits per heavy atom. The minimum Gasteiger partial charge on any atom is -0.311 e. The summed E-state index contributed by atoms with van der Waals surface area (Å²) in [6, 6.07) is 4.35. The van der Waals surface area contributed by atoms with E-state index in [0.29, 0.717) is 6.04 Å². The van der Waals surface area contributed by atoms with Crippen LogP contribution in [0.2, 0.25) is 4.34 Å². The molecule has 0 aliphatic carbocycles. The van der Waals surface area contributed by atoms with Gasteiger partial charge in [0.05, 0.1) is 10.4 Å². The van der Waals surface area contributed by atoms with Crippen LogP contribution in [0.4, 0.5) is 0 Å². The van der Waals surface area contributed by atoms with Gasteiger partial charge >= 0.3 is 0 Å². The van der Waals surface area contributed by atoms with Crippen molar-refractivity contribution in [3.05, 3.63) is 21.3 Å². The normalized spacial score (nSPS) is 14.6. The highest BCUT2D eigenvalue weighted by molar-refractivity contribution is 7.16. The lowest BCUT2D eigenvalue weighted by atomic mass is 9.92. The van der Waals surface area contributed by atoms with E-state index in [1.54, 1.807) is 11.3 Å². The van der Waals surface area contributed by atoms with E-state index in [2.05, 4.69) is 44.2 Å². The number of halogens is 1. The largest absolute Gasteiger partial charge is 0.311 e. The smallest absolute Gasteiger partial charge is 0.0931 e. The highest BCUT2D eigenvalue weighted by Gasteiger charge is 2.32. The average molecular weight is 247 g/mol. The molecule has 1 atom stereocenters. The number of nitrogens with one attached hydrogen (secondary N) is 1. The van der Waals surface area contributed by atoms with Gasteiger partial charge < -0.3 is 10.2 Å². The molecule has 0 aromatic carbocycles. The summed E-state index contributed by atoms with van der Waals surface area (Å²) in [4.78, 5) is 3.50. The lowest BCUT2D eigenvalue weighted by Gasteiger charge is -2.39. The maximum atomic E-state index is 5.97. The Bertz CT molecular complexity index is 320. The number of rotatable bonds is 4. The highest BCUT2D eigenvalue weighted by atomic mass is 35.5. The van der Waals surface area contributed by atoms with Crippen LogP contribution in [-0.4, -0.2) is 31.6 Å². The molecule has 0 bridgehead atoms. The van der Waals surface area contributed by atoms with Gasteiger partial charge in [0.25, 0.3) is 0 Å². The average Bonchev–Trinajstić information content (AvgIpc) is 2.52. The third-order valence-electron chi connectivity index (χ3n) is 3.03. The molecular weight excluding hydrogens is 228 g/mol. The maximum absolute atomic E-state index is 5.97. The van der Waals surface area contributed by atoms with Crippen molar-refractivity contribution >= 4 is 22.9 Å². The van der Waals surface area contributed by atoms with E-state index >= 15 is 0 Å². The molecular formula is C11H19ClN2S. The molecule has 2 nitrogen and oxygen atoms in total. The highest BCUT2D eigenvalue weighted by Crippen LogP contribution is 2.34. The number of likely N-dealkylation sites (N-methyl/N-ethyl adjacent to an activating group) is 2. The second-order valence-corrected chi connectivity index (χ2v) is 6.16. The van der Waals surface area contributed by atoms with Gasteiger partial charge in [-0.15, -0.1) is 11.3 Å². The van der Waals surface area contributed by atoms with Crippen molar-refractivity contribution in [3.8, 4) is 0 Å². The van der Waals surface area contributed by atoms with Crippen molar-refractivity contribution in [1.29, 1.82) is 0 Å². The van der Waals surface area contributed by atoms with Gasteiger partial charge in [-0.1, -0.05) is 11.6 Å². The Labute approximate surface area is 101 Å². The van der Waals surface area contributed by atoms with Crippen molar-refractivity contribution in [2.75, 3.05) is 21.1 Å². The van der Waals surface area contributed by atoms with Crippen LogP contribution in [0.5, 0.6) is 0 Å². The molecule has 0 saturated carbocycles. The zero-order valence-electron chi connectivity index (χ0n) is 9.97. The second kappa shape index (κ2) is 4.83. The number of hydrogen-bond donors (Lipinski definition) is 1. The Morgan fingerprint density at radius 1 is 1.40 bits per heavy atom. The number of thiophene rings is 1. The molecule has 1 N–H and O–H groups in total. The van der Waals surface area contributed by atoms with E-state index in [1.165, 1.54) is 4.88 Å². The van der Waals surface area contributed by atoms with Gasteiger partial charge in [0.1, 0.15) is 0 Å². The summed E-state index contributed by atoms with van der Waals surface area (Å²) in [7, 11) is 6.18. The minimum atomic E-state index is 0.0585. The second-order valence-electron chi connectivity index (χ2n) is 4.41. The summed E-state index contributed by atoms with van der Waals surface area (Å²) < 4.78 is 0.847. The lowest BCUT2D eigenvalue weighted by molar-refractivity contribution is 0.144. The van der Waals surface area contributed by atoms with Gasteiger partial charge in [0, 0.05) is 10.4 Å². The van der Waals surface area contributed by atoms with Gasteiger partial charge in [-0.2, -0.15) is 0 Å². The van der Waals surface area contributed by atoms with Crippen LogP contribution in [-0.2, 0) is 0 Å². The molecule has 1 aromatic rings. The van der Waals surface area contributed by atoms with E-state index in [0.717, 1.165) is 4.34 Å². The molecule has 0 fully saturated rings. The zero-order chi connectivity index (χ0) is 11.6. The molecule has 0 saturated heterocycles. The van der Waals surface area contributed by atoms with Crippen LogP contribution in [0.1, 0.15) is 24.8 Å². The van der Waals surface area contributed by atoms with Crippen molar-refractivity contribution < 1.29 is 0 Å². The van der Waals surface area contributed by atoms with E-state index in [4.69, 9.17) is 11.6 Å². The molecule has 1 heterocycles. The third-order valence-corrected chi connectivity index (χ3v) is 4.32. The zero-order valence-corrected chi connectivity index (χ0v) is 11.5. The molecule has 15 heavy (non-hydrogen) atoms. The number of hydrogen-bond acceptors (Lipinski definition) is 3. The van der Waals surface area contributed by atoms with Gasteiger partial charge in [0.15, 0.2) is 0 Å². The monoisotopic (exact) mass is 246 g/mol. The topological polar surface area (TPSA) is 15.3 Å². The Kier molecular flexibility index (Phi) is 4.18. The van der Waals surface area contributed by atoms with E-state index < -0.39 is 0 Å². The summed E-state index contributed by atoms with van der Waals surface area (Å²) in [5, 5.41) is 3.36. The summed E-state index contributed by atoms with van der Waals surface area (Å²) in [6.07, 6.45) is 0. The van der Waals surface area contributed by atoms with E-state index in [1.807, 2.05) is 13.1 Å². The predicted octanol–water partition coefficient (Wildman–Crippen LogP) is 3.00. The number of nitrogens with zero attached hydrogens (tertiary/aromatic N) is 1. The van der Waals surface area contributed by atoms with Gasteiger partial charge in [-0.25, -0.2) is 0 Å². The fourth-order valence-corrected chi connectivity index (χ4v) is 2.94. The molecule has 0 spiro atoms. The van der Waals surface area contributed by atoms with Crippen molar-refractivity contribution in [2.24, 2.45) is 0 Å². The molecule has 0 amide bonds. The van der Waals surface area contributed by atoms with Crippen LogP contribution < -0.4 is 5.32 Å². The third kappa shape index (κ3) is 2.72. The summed E-state index contributed by atoms with van der Waals surface area (Å²) in [6.45, 7) is 4.45. The van der Waals surface area contributed by atoms with Crippen molar-refractivity contribution in [2.45, 2.75) is 25.4 Å². The molecule has 1 unspecified atom stereocenters. The minimum absolute atomic E-state index is 0.0585. The standard InChI is InChI=1S/C11H19ClN2S/c1-11(2,14(4)5)10(13-3)8-6-7-9(12)15-8/h6-7,10,13H,1-5H3. The molecule has 86 valence electrons. The molecule has 1 rings (SSSR count). The Hall–Kier alpha value is -0.0900.